The van der Waals surface area contributed by atoms with Crippen molar-refractivity contribution in [2.45, 2.75) is 78.6 Å². The van der Waals surface area contributed by atoms with Crippen molar-refractivity contribution >= 4 is 11.5 Å². The second kappa shape index (κ2) is 8.16. The van der Waals surface area contributed by atoms with E-state index in [4.69, 9.17) is 10.7 Å². The highest BCUT2D eigenvalue weighted by molar-refractivity contribution is 5.53. The molecule has 2 rings (SSSR count). The minimum Gasteiger partial charge on any atom is -0.383 e. The van der Waals surface area contributed by atoms with E-state index in [9.17, 15) is 0 Å². The fourth-order valence-corrected chi connectivity index (χ4v) is 2.95. The second-order valence-electron chi connectivity index (χ2n) is 6.25. The normalized spacial score (nSPS) is 11.4. The number of nitrogen functional groups attached to an aromatic ring is 1. The molecule has 22 heavy (non-hydrogen) atoms. The summed E-state index contributed by atoms with van der Waals surface area (Å²) in [7, 11) is 0. The monoisotopic (exact) mass is 302 g/mol. The molecule has 4 heteroatoms. The number of nitrogens with zero attached hydrogens (tertiary/aromatic N) is 3. The molecule has 0 amide bonds. The van der Waals surface area contributed by atoms with Gasteiger partial charge in [0.2, 0.25) is 0 Å². The molecule has 0 aromatic carbocycles. The van der Waals surface area contributed by atoms with E-state index < -0.39 is 0 Å². The van der Waals surface area contributed by atoms with Crippen molar-refractivity contribution in [3.05, 3.63) is 23.0 Å². The molecule has 0 saturated carbocycles. The Balaban J connectivity index is 2.21. The van der Waals surface area contributed by atoms with E-state index in [0.717, 1.165) is 30.0 Å². The average Bonchev–Trinajstić information content (AvgIpc) is 2.88. The van der Waals surface area contributed by atoms with Gasteiger partial charge in [0.15, 0.2) is 5.65 Å². The molecular formula is C18H30N4. The van der Waals surface area contributed by atoms with Gasteiger partial charge in [-0.15, -0.1) is 0 Å². The number of aryl methyl sites for hydroxylation is 2. The van der Waals surface area contributed by atoms with Gasteiger partial charge in [-0.25, -0.2) is 4.98 Å². The highest BCUT2D eigenvalue weighted by Crippen LogP contribution is 2.22. The summed E-state index contributed by atoms with van der Waals surface area (Å²) < 4.78 is 1.81. The lowest BCUT2D eigenvalue weighted by Crippen LogP contribution is -2.10. The number of hydrogen-bond donors (Lipinski definition) is 1. The minimum absolute atomic E-state index is 0.791. The number of rotatable bonds is 9. The number of hydrogen-bond acceptors (Lipinski definition) is 3. The van der Waals surface area contributed by atoms with Crippen LogP contribution >= 0.6 is 0 Å². The average molecular weight is 302 g/mol. The molecule has 2 aromatic heterocycles. The zero-order chi connectivity index (χ0) is 15.9. The first-order chi connectivity index (χ1) is 10.7. The Morgan fingerprint density at radius 1 is 1.00 bits per heavy atom. The Morgan fingerprint density at radius 2 is 1.73 bits per heavy atom. The highest BCUT2D eigenvalue weighted by Gasteiger charge is 2.14. The summed E-state index contributed by atoms with van der Waals surface area (Å²) in [5.74, 6) is 0.791. The first kappa shape index (κ1) is 16.8. The maximum Gasteiger partial charge on any atom is 0.157 e. The predicted molar refractivity (Wildman–Crippen MR) is 93.2 cm³/mol. The third kappa shape index (κ3) is 3.99. The molecule has 0 aliphatic carbocycles. The molecule has 0 saturated heterocycles. The molecular weight excluding hydrogens is 272 g/mol. The van der Waals surface area contributed by atoms with Gasteiger partial charge < -0.3 is 5.73 Å². The number of fused-ring (bicyclic) bond motifs is 1. The maximum atomic E-state index is 6.41. The third-order valence-electron chi connectivity index (χ3n) is 4.25. The number of anilines is 1. The SMILES string of the molecule is CCCCCCCc1c(CCCC)nc2cc(C)nn2c1N. The molecule has 0 atom stereocenters. The topological polar surface area (TPSA) is 56.2 Å². The zero-order valence-corrected chi connectivity index (χ0v) is 14.4. The molecule has 0 spiro atoms. The van der Waals surface area contributed by atoms with Crippen molar-refractivity contribution < 1.29 is 0 Å². The highest BCUT2D eigenvalue weighted by atomic mass is 15.3. The molecule has 0 aliphatic rings. The van der Waals surface area contributed by atoms with Gasteiger partial charge in [-0.3, -0.25) is 0 Å². The molecule has 4 nitrogen and oxygen atoms in total. The molecule has 0 radical (unpaired) electrons. The van der Waals surface area contributed by atoms with Crippen molar-refractivity contribution in [1.82, 2.24) is 14.6 Å². The van der Waals surface area contributed by atoms with Crippen molar-refractivity contribution in [3.8, 4) is 0 Å². The summed E-state index contributed by atoms with van der Waals surface area (Å²) in [6, 6.07) is 2.01. The van der Waals surface area contributed by atoms with Gasteiger partial charge in [-0.2, -0.15) is 9.61 Å². The molecule has 2 heterocycles. The Kier molecular flexibility index (Phi) is 6.22. The lowest BCUT2D eigenvalue weighted by Gasteiger charge is -2.13. The predicted octanol–water partition coefficient (Wildman–Crippen LogP) is 4.48. The standard InChI is InChI=1S/C18H30N4/c1-4-6-8-9-10-11-15-16(12-7-5-2)20-17-13-14(3)21-22(17)18(15)19/h13H,4-12,19H2,1-3H3. The summed E-state index contributed by atoms with van der Waals surface area (Å²) >= 11 is 0. The zero-order valence-electron chi connectivity index (χ0n) is 14.4. The Morgan fingerprint density at radius 3 is 2.45 bits per heavy atom. The maximum absolute atomic E-state index is 6.41. The van der Waals surface area contributed by atoms with Crippen molar-refractivity contribution in [1.29, 1.82) is 0 Å². The van der Waals surface area contributed by atoms with E-state index in [1.54, 1.807) is 0 Å². The molecule has 0 aliphatic heterocycles. The largest absolute Gasteiger partial charge is 0.383 e. The number of nitrogens with two attached hydrogens (primary N) is 1. The smallest absolute Gasteiger partial charge is 0.157 e. The second-order valence-corrected chi connectivity index (χ2v) is 6.25. The molecule has 122 valence electrons. The van der Waals surface area contributed by atoms with Gasteiger partial charge in [-0.1, -0.05) is 46.0 Å². The van der Waals surface area contributed by atoms with Gasteiger partial charge in [0.05, 0.1) is 5.69 Å². The number of unbranched alkanes of at least 4 members (excludes halogenated alkanes) is 5. The van der Waals surface area contributed by atoms with Crippen LogP contribution in [0.3, 0.4) is 0 Å². The van der Waals surface area contributed by atoms with Crippen LogP contribution < -0.4 is 5.73 Å². The van der Waals surface area contributed by atoms with Crippen molar-refractivity contribution in [3.63, 3.8) is 0 Å². The Labute approximate surface area is 134 Å². The van der Waals surface area contributed by atoms with E-state index in [0.29, 0.717) is 0 Å². The van der Waals surface area contributed by atoms with Crippen LogP contribution in [0.15, 0.2) is 6.07 Å². The van der Waals surface area contributed by atoms with Crippen LogP contribution in [0.2, 0.25) is 0 Å². The summed E-state index contributed by atoms with van der Waals surface area (Å²) in [6.07, 6.45) is 10.8. The first-order valence-electron chi connectivity index (χ1n) is 8.81. The van der Waals surface area contributed by atoms with Crippen LogP contribution in [0, 0.1) is 6.92 Å². The minimum atomic E-state index is 0.791. The van der Waals surface area contributed by atoms with Gasteiger partial charge in [0, 0.05) is 17.3 Å². The first-order valence-corrected chi connectivity index (χ1v) is 8.81. The van der Waals surface area contributed by atoms with E-state index in [1.807, 2.05) is 17.5 Å². The van der Waals surface area contributed by atoms with E-state index in [-0.39, 0.29) is 0 Å². The van der Waals surface area contributed by atoms with Gasteiger partial charge in [-0.05, 0) is 32.6 Å². The van der Waals surface area contributed by atoms with Gasteiger partial charge in [0.1, 0.15) is 5.82 Å². The van der Waals surface area contributed by atoms with Crippen molar-refractivity contribution in [2.75, 3.05) is 5.73 Å². The summed E-state index contributed by atoms with van der Waals surface area (Å²) in [6.45, 7) is 6.46. The van der Waals surface area contributed by atoms with E-state index in [1.165, 1.54) is 56.2 Å². The molecule has 0 fully saturated rings. The van der Waals surface area contributed by atoms with E-state index >= 15 is 0 Å². The van der Waals surface area contributed by atoms with Crippen LogP contribution in [0.1, 0.15) is 75.7 Å². The van der Waals surface area contributed by atoms with Crippen molar-refractivity contribution in [2.24, 2.45) is 0 Å². The molecule has 0 unspecified atom stereocenters. The summed E-state index contributed by atoms with van der Waals surface area (Å²) in [5, 5.41) is 4.48. The van der Waals surface area contributed by atoms with Crippen LogP contribution in [-0.4, -0.2) is 14.6 Å². The number of aromatic nitrogens is 3. The van der Waals surface area contributed by atoms with Crippen LogP contribution in [-0.2, 0) is 12.8 Å². The Hall–Kier alpha value is -1.58. The van der Waals surface area contributed by atoms with Crippen LogP contribution in [0.4, 0.5) is 5.82 Å². The Bertz CT molecular complexity index is 601. The fourth-order valence-electron chi connectivity index (χ4n) is 2.95. The van der Waals surface area contributed by atoms with Gasteiger partial charge >= 0.3 is 0 Å². The lowest BCUT2D eigenvalue weighted by atomic mass is 10.0. The molecule has 2 N–H and O–H groups in total. The summed E-state index contributed by atoms with van der Waals surface area (Å²) in [5.41, 5.74) is 10.7. The quantitative estimate of drug-likeness (QED) is 0.695. The molecule has 0 bridgehead atoms. The third-order valence-corrected chi connectivity index (χ3v) is 4.25. The fraction of sp³-hybridized carbons (Fsp3) is 0.667. The summed E-state index contributed by atoms with van der Waals surface area (Å²) in [4.78, 5) is 4.83. The lowest BCUT2D eigenvalue weighted by molar-refractivity contribution is 0.627. The van der Waals surface area contributed by atoms with Crippen LogP contribution in [0.5, 0.6) is 0 Å². The van der Waals surface area contributed by atoms with Gasteiger partial charge in [0.25, 0.3) is 0 Å². The van der Waals surface area contributed by atoms with Crippen LogP contribution in [0.25, 0.3) is 5.65 Å². The van der Waals surface area contributed by atoms with E-state index in [2.05, 4.69) is 18.9 Å². The molecule has 2 aromatic rings.